The van der Waals surface area contributed by atoms with Gasteiger partial charge in [0.15, 0.2) is 11.5 Å². The van der Waals surface area contributed by atoms with Gasteiger partial charge in [-0.1, -0.05) is 0 Å². The van der Waals surface area contributed by atoms with Crippen molar-refractivity contribution in [2.45, 2.75) is 31.7 Å². The fourth-order valence-electron chi connectivity index (χ4n) is 5.15. The largest absolute Gasteiger partial charge is 0.479 e. The minimum Gasteiger partial charge on any atom is -0.479 e. The number of fused-ring (bicyclic) bond motifs is 2. The molecule has 4 aromatic heterocycles. The van der Waals surface area contributed by atoms with Crippen LogP contribution in [0.25, 0.3) is 22.3 Å². The Bertz CT molecular complexity index is 1430. The minimum absolute atomic E-state index is 0.0771. The van der Waals surface area contributed by atoms with Crippen molar-refractivity contribution in [2.24, 2.45) is 5.41 Å². The first kappa shape index (κ1) is 21.8. The van der Waals surface area contributed by atoms with Gasteiger partial charge in [0, 0.05) is 42.0 Å². The maximum absolute atomic E-state index is 14.9. The van der Waals surface area contributed by atoms with Crippen LogP contribution in [-0.4, -0.2) is 63.3 Å². The number of rotatable bonds is 5. The minimum atomic E-state index is -0.540. The topological polar surface area (TPSA) is 107 Å². The number of anilines is 1. The van der Waals surface area contributed by atoms with Crippen LogP contribution in [0.3, 0.4) is 0 Å². The number of nitrogens with zero attached hydrogens (tertiary/aromatic N) is 5. The second-order valence-corrected chi connectivity index (χ2v) is 9.37. The monoisotopic (exact) mass is 479 g/mol. The number of nitrogens with one attached hydrogen (secondary N) is 2. The van der Waals surface area contributed by atoms with Gasteiger partial charge in [0.1, 0.15) is 11.2 Å². The molecule has 4 aromatic rings. The first-order chi connectivity index (χ1) is 17.0. The lowest BCUT2D eigenvalue weighted by molar-refractivity contribution is -0.131. The Labute approximate surface area is 200 Å². The van der Waals surface area contributed by atoms with Crippen molar-refractivity contribution < 1.29 is 18.7 Å². The van der Waals surface area contributed by atoms with Gasteiger partial charge >= 0.3 is 0 Å². The molecule has 0 aromatic carbocycles. The number of carbonyl (C=O) groups is 1. The quantitative estimate of drug-likeness (QED) is 0.453. The number of amides is 1. The van der Waals surface area contributed by atoms with Crippen LogP contribution in [-0.2, 0) is 4.74 Å². The van der Waals surface area contributed by atoms with Gasteiger partial charge in [0.2, 0.25) is 11.8 Å². The fraction of sp³-hybridized carbons (Fsp3) is 0.417. The van der Waals surface area contributed by atoms with Crippen molar-refractivity contribution in [3.05, 3.63) is 42.2 Å². The lowest BCUT2D eigenvalue weighted by Gasteiger charge is -2.46. The average Bonchev–Trinajstić information content (AvgIpc) is 3.47. The highest BCUT2D eigenvalue weighted by Crippen LogP contribution is 2.42. The molecule has 10 nitrogen and oxygen atoms in total. The number of aromatic nitrogens is 5. The molecule has 1 aliphatic heterocycles. The Balaban J connectivity index is 1.35. The summed E-state index contributed by atoms with van der Waals surface area (Å²) in [5.41, 5.74) is 2.52. The number of carbonyl (C=O) groups excluding carboxylic acids is 1. The van der Waals surface area contributed by atoms with Gasteiger partial charge in [0.25, 0.3) is 5.91 Å². The van der Waals surface area contributed by atoms with Crippen molar-refractivity contribution in [3.63, 3.8) is 0 Å². The van der Waals surface area contributed by atoms with E-state index in [1.165, 1.54) is 23.7 Å². The zero-order valence-corrected chi connectivity index (χ0v) is 19.5. The normalized spacial score (nSPS) is 17.6. The number of methoxy groups -OCH3 is 1. The standard InChI is InChI=1S/C24H26FN7O3/c1-26-21(33)18-10-27-20-17(25)9-14(11-31(18)20)16-5-8-32-19(16)22(34-2)29-23(30-32)28-15-3-6-24(7-4-15)12-35-13-24/h5,8-11,15H,3-4,6-7,12-13H2,1-2H3,(H,26,33)(H,28,30). The average molecular weight is 480 g/mol. The van der Waals surface area contributed by atoms with Gasteiger partial charge in [-0.2, -0.15) is 4.98 Å². The number of hydrogen-bond donors (Lipinski definition) is 2. The zero-order chi connectivity index (χ0) is 24.2. The first-order valence-electron chi connectivity index (χ1n) is 11.7. The van der Waals surface area contributed by atoms with Crippen LogP contribution in [0.4, 0.5) is 10.3 Å². The van der Waals surface area contributed by atoms with Gasteiger partial charge in [-0.25, -0.2) is 13.9 Å². The molecule has 2 N–H and O–H groups in total. The summed E-state index contributed by atoms with van der Waals surface area (Å²) in [6.07, 6.45) is 9.18. The molecule has 2 aliphatic rings. The van der Waals surface area contributed by atoms with Crippen LogP contribution >= 0.6 is 0 Å². The Kier molecular flexibility index (Phi) is 5.10. The summed E-state index contributed by atoms with van der Waals surface area (Å²) in [5.74, 6) is -0.0340. The Hall–Kier alpha value is -3.73. The van der Waals surface area contributed by atoms with E-state index in [1.807, 2.05) is 6.07 Å². The van der Waals surface area contributed by atoms with E-state index >= 15 is 0 Å². The van der Waals surface area contributed by atoms with Gasteiger partial charge in [0.05, 0.1) is 26.5 Å². The van der Waals surface area contributed by atoms with Gasteiger partial charge in [-0.05, 0) is 37.8 Å². The summed E-state index contributed by atoms with van der Waals surface area (Å²) in [7, 11) is 3.07. The molecule has 0 bridgehead atoms. The second kappa shape index (κ2) is 8.19. The molecular formula is C24H26FN7O3. The van der Waals surface area contributed by atoms with Gasteiger partial charge in [-0.3, -0.25) is 9.20 Å². The van der Waals surface area contributed by atoms with E-state index in [2.05, 4.69) is 25.7 Å². The molecule has 1 saturated heterocycles. The third-order valence-corrected chi connectivity index (χ3v) is 7.20. The Morgan fingerprint density at radius 2 is 2.11 bits per heavy atom. The number of pyridine rings is 1. The third-order valence-electron chi connectivity index (χ3n) is 7.20. The smallest absolute Gasteiger partial charge is 0.269 e. The highest BCUT2D eigenvalue weighted by atomic mass is 19.1. The third kappa shape index (κ3) is 3.57. The molecule has 5 heterocycles. The molecule has 1 spiro atoms. The molecular weight excluding hydrogens is 453 g/mol. The molecule has 1 saturated carbocycles. The molecule has 0 unspecified atom stereocenters. The highest BCUT2D eigenvalue weighted by Gasteiger charge is 2.41. The maximum Gasteiger partial charge on any atom is 0.269 e. The van der Waals surface area contributed by atoms with E-state index in [0.717, 1.165) is 38.9 Å². The van der Waals surface area contributed by atoms with Crippen LogP contribution in [0.2, 0.25) is 0 Å². The molecule has 11 heteroatoms. The predicted octanol–water partition coefficient (Wildman–Crippen LogP) is 2.92. The summed E-state index contributed by atoms with van der Waals surface area (Å²) in [4.78, 5) is 20.9. The van der Waals surface area contributed by atoms with Crippen molar-refractivity contribution in [2.75, 3.05) is 32.7 Å². The number of ether oxygens (including phenoxy) is 2. The van der Waals surface area contributed by atoms with E-state index in [0.29, 0.717) is 39.9 Å². The lowest BCUT2D eigenvalue weighted by atomic mass is 9.71. The van der Waals surface area contributed by atoms with Crippen molar-refractivity contribution in [1.82, 2.24) is 29.3 Å². The van der Waals surface area contributed by atoms with E-state index in [9.17, 15) is 9.18 Å². The molecule has 35 heavy (non-hydrogen) atoms. The van der Waals surface area contributed by atoms with E-state index in [4.69, 9.17) is 9.47 Å². The maximum atomic E-state index is 14.9. The van der Waals surface area contributed by atoms with Crippen LogP contribution < -0.4 is 15.4 Å². The van der Waals surface area contributed by atoms with Gasteiger partial charge < -0.3 is 20.1 Å². The molecule has 2 fully saturated rings. The molecule has 182 valence electrons. The van der Waals surface area contributed by atoms with Crippen molar-refractivity contribution in [3.8, 4) is 17.0 Å². The van der Waals surface area contributed by atoms with E-state index in [1.54, 1.807) is 24.0 Å². The number of imidazole rings is 1. The summed E-state index contributed by atoms with van der Waals surface area (Å²) >= 11 is 0. The Morgan fingerprint density at radius 3 is 2.80 bits per heavy atom. The number of halogens is 1. The lowest BCUT2D eigenvalue weighted by Crippen LogP contribution is -2.47. The zero-order valence-electron chi connectivity index (χ0n) is 19.5. The molecule has 1 amide bonds. The molecule has 6 rings (SSSR count). The van der Waals surface area contributed by atoms with Gasteiger partial charge in [-0.15, -0.1) is 5.10 Å². The summed E-state index contributed by atoms with van der Waals surface area (Å²) in [5, 5.41) is 10.7. The molecule has 0 radical (unpaired) electrons. The fourth-order valence-corrected chi connectivity index (χ4v) is 5.15. The first-order valence-corrected chi connectivity index (χ1v) is 11.7. The highest BCUT2D eigenvalue weighted by molar-refractivity contribution is 5.93. The Morgan fingerprint density at radius 1 is 1.31 bits per heavy atom. The van der Waals surface area contributed by atoms with E-state index < -0.39 is 5.82 Å². The SMILES string of the molecule is CNC(=O)c1cnc2c(F)cc(-c3ccn4nc(NC5CCC6(CC5)COC6)nc(OC)c34)cn12. The second-order valence-electron chi connectivity index (χ2n) is 9.37. The van der Waals surface area contributed by atoms with Crippen molar-refractivity contribution >= 4 is 23.0 Å². The van der Waals surface area contributed by atoms with Crippen LogP contribution in [0.1, 0.15) is 36.2 Å². The summed E-state index contributed by atoms with van der Waals surface area (Å²) in [6.45, 7) is 1.75. The summed E-state index contributed by atoms with van der Waals surface area (Å²) < 4.78 is 29.1. The van der Waals surface area contributed by atoms with Crippen LogP contribution in [0.15, 0.2) is 30.7 Å². The predicted molar refractivity (Wildman–Crippen MR) is 126 cm³/mol. The van der Waals surface area contributed by atoms with Crippen LogP contribution in [0, 0.1) is 11.2 Å². The summed E-state index contributed by atoms with van der Waals surface area (Å²) in [6, 6.07) is 3.51. The molecule has 1 aliphatic carbocycles. The number of hydrogen-bond acceptors (Lipinski definition) is 7. The van der Waals surface area contributed by atoms with Crippen molar-refractivity contribution in [1.29, 1.82) is 0 Å². The van der Waals surface area contributed by atoms with E-state index in [-0.39, 0.29) is 17.2 Å². The van der Waals surface area contributed by atoms with Crippen LogP contribution in [0.5, 0.6) is 5.88 Å². The molecule has 0 atom stereocenters.